The highest BCUT2D eigenvalue weighted by molar-refractivity contribution is 6.33. The summed E-state index contributed by atoms with van der Waals surface area (Å²) in [5.74, 6) is -0.984. The molecule has 0 unspecified atom stereocenters. The Morgan fingerprint density at radius 2 is 2.33 bits per heavy atom. The molecule has 1 amide bonds. The van der Waals surface area contributed by atoms with Gasteiger partial charge in [-0.2, -0.15) is 0 Å². The zero-order valence-corrected chi connectivity index (χ0v) is 10.7. The number of ether oxygens (including phenoxy) is 1. The van der Waals surface area contributed by atoms with Gasteiger partial charge in [-0.1, -0.05) is 17.7 Å². The van der Waals surface area contributed by atoms with E-state index in [1.54, 1.807) is 0 Å². The van der Waals surface area contributed by atoms with Gasteiger partial charge in [-0.15, -0.1) is 0 Å². The van der Waals surface area contributed by atoms with Gasteiger partial charge in [0.1, 0.15) is 12.4 Å². The fraction of sp³-hybridized carbons (Fsp3) is 0.417. The average molecular weight is 273 g/mol. The summed E-state index contributed by atoms with van der Waals surface area (Å²) in [5.41, 5.74) is -0.319. The molecular formula is C12H14ClFN2O2. The summed E-state index contributed by atoms with van der Waals surface area (Å²) in [5, 5.41) is 5.63. The number of halogens is 2. The van der Waals surface area contributed by atoms with Gasteiger partial charge in [0.05, 0.1) is 16.3 Å². The fourth-order valence-electron chi connectivity index (χ4n) is 1.61. The summed E-state index contributed by atoms with van der Waals surface area (Å²) in [6.45, 7) is 3.21. The molecule has 1 aromatic carbocycles. The molecule has 2 rings (SSSR count). The van der Waals surface area contributed by atoms with E-state index in [-0.39, 0.29) is 22.9 Å². The van der Waals surface area contributed by atoms with Crippen LogP contribution < -0.4 is 10.6 Å². The molecule has 1 aliphatic heterocycles. The quantitative estimate of drug-likeness (QED) is 0.879. The first-order chi connectivity index (χ1) is 8.50. The molecule has 1 aliphatic rings. The van der Waals surface area contributed by atoms with Crippen LogP contribution in [0.2, 0.25) is 5.02 Å². The third kappa shape index (κ3) is 2.98. The van der Waals surface area contributed by atoms with Gasteiger partial charge in [-0.25, -0.2) is 4.39 Å². The van der Waals surface area contributed by atoms with Crippen LogP contribution in [0.5, 0.6) is 0 Å². The third-order valence-electron chi connectivity index (χ3n) is 2.78. The Labute approximate surface area is 109 Å². The molecule has 0 radical (unpaired) electrons. The smallest absolute Gasteiger partial charge is 0.250 e. The van der Waals surface area contributed by atoms with Gasteiger partial charge in [0.25, 0.3) is 5.91 Å². The van der Waals surface area contributed by atoms with Crippen molar-refractivity contribution >= 4 is 23.2 Å². The number of hydrogen-bond donors (Lipinski definition) is 2. The molecule has 1 aromatic rings. The maximum atomic E-state index is 13.4. The molecule has 6 heteroatoms. The van der Waals surface area contributed by atoms with Crippen molar-refractivity contribution in [3.63, 3.8) is 0 Å². The van der Waals surface area contributed by atoms with Crippen LogP contribution in [0.1, 0.15) is 6.92 Å². The van der Waals surface area contributed by atoms with Crippen LogP contribution >= 0.6 is 11.6 Å². The molecule has 18 heavy (non-hydrogen) atoms. The minimum Gasteiger partial charge on any atom is -0.363 e. The number of rotatable bonds is 4. The van der Waals surface area contributed by atoms with Gasteiger partial charge < -0.3 is 15.4 Å². The van der Waals surface area contributed by atoms with Crippen LogP contribution in [-0.2, 0) is 9.53 Å². The minimum atomic E-state index is -0.563. The first kappa shape index (κ1) is 13.3. The van der Waals surface area contributed by atoms with Gasteiger partial charge in [0, 0.05) is 13.1 Å². The van der Waals surface area contributed by atoms with Gasteiger partial charge in [-0.3, -0.25) is 4.79 Å². The zero-order valence-electron chi connectivity index (χ0n) is 9.93. The number of nitrogens with one attached hydrogen (secondary N) is 2. The summed E-state index contributed by atoms with van der Waals surface area (Å²) in [6.07, 6.45) is 0. The molecule has 1 saturated heterocycles. The second-order valence-corrected chi connectivity index (χ2v) is 4.89. The molecule has 0 aromatic heterocycles. The Hall–Kier alpha value is -1.17. The molecule has 1 fully saturated rings. The van der Waals surface area contributed by atoms with E-state index in [2.05, 4.69) is 10.6 Å². The maximum Gasteiger partial charge on any atom is 0.250 e. The van der Waals surface area contributed by atoms with E-state index in [1.165, 1.54) is 18.2 Å². The van der Waals surface area contributed by atoms with E-state index >= 15 is 0 Å². The highest BCUT2D eigenvalue weighted by atomic mass is 35.5. The maximum absolute atomic E-state index is 13.4. The summed E-state index contributed by atoms with van der Waals surface area (Å²) in [7, 11) is 0. The number of benzene rings is 1. The molecule has 0 aliphatic carbocycles. The first-order valence-electron chi connectivity index (χ1n) is 5.59. The highest BCUT2D eigenvalue weighted by Gasteiger charge is 2.33. The molecule has 0 bridgehead atoms. The van der Waals surface area contributed by atoms with E-state index in [1.807, 2.05) is 6.92 Å². The molecular weight excluding hydrogens is 259 g/mol. The Morgan fingerprint density at radius 1 is 1.61 bits per heavy atom. The lowest BCUT2D eigenvalue weighted by molar-refractivity contribution is -0.130. The van der Waals surface area contributed by atoms with E-state index in [4.69, 9.17) is 16.3 Å². The van der Waals surface area contributed by atoms with E-state index in [9.17, 15) is 9.18 Å². The lowest BCUT2D eigenvalue weighted by atomic mass is 10.0. The van der Waals surface area contributed by atoms with Gasteiger partial charge >= 0.3 is 0 Å². The molecule has 98 valence electrons. The predicted octanol–water partition coefficient (Wildman–Crippen LogP) is 1.80. The Kier molecular flexibility index (Phi) is 3.85. The summed E-state index contributed by atoms with van der Waals surface area (Å²) in [4.78, 5) is 11.6. The summed E-state index contributed by atoms with van der Waals surface area (Å²) in [6, 6.07) is 4.22. The second-order valence-electron chi connectivity index (χ2n) is 4.49. The Bertz CT molecular complexity index is 443. The summed E-state index contributed by atoms with van der Waals surface area (Å²) < 4.78 is 18.9. The van der Waals surface area contributed by atoms with E-state index in [0.717, 1.165) is 0 Å². The van der Waals surface area contributed by atoms with Crippen LogP contribution in [0.15, 0.2) is 18.2 Å². The van der Waals surface area contributed by atoms with Crippen molar-refractivity contribution in [3.05, 3.63) is 29.0 Å². The van der Waals surface area contributed by atoms with Crippen molar-refractivity contribution in [1.29, 1.82) is 0 Å². The fourth-order valence-corrected chi connectivity index (χ4v) is 1.82. The monoisotopic (exact) mass is 272 g/mol. The van der Waals surface area contributed by atoms with Crippen molar-refractivity contribution in [2.75, 3.05) is 25.0 Å². The largest absolute Gasteiger partial charge is 0.363 e. The SMILES string of the molecule is CC1(OCC(=O)Nc2c(F)cccc2Cl)CNC1. The van der Waals surface area contributed by atoms with Crippen molar-refractivity contribution < 1.29 is 13.9 Å². The molecule has 1 heterocycles. The van der Waals surface area contributed by atoms with Crippen LogP contribution in [-0.4, -0.2) is 31.2 Å². The number of amides is 1. The average Bonchev–Trinajstić information content (AvgIpc) is 2.29. The van der Waals surface area contributed by atoms with Gasteiger partial charge in [0.15, 0.2) is 0 Å². The van der Waals surface area contributed by atoms with E-state index in [0.29, 0.717) is 13.1 Å². The van der Waals surface area contributed by atoms with Crippen LogP contribution in [0, 0.1) is 5.82 Å². The van der Waals surface area contributed by atoms with Gasteiger partial charge in [-0.05, 0) is 19.1 Å². The number of carbonyl (C=O) groups is 1. The van der Waals surface area contributed by atoms with Gasteiger partial charge in [0.2, 0.25) is 0 Å². The third-order valence-corrected chi connectivity index (χ3v) is 3.09. The van der Waals surface area contributed by atoms with Crippen molar-refractivity contribution in [3.8, 4) is 0 Å². The van der Waals surface area contributed by atoms with Crippen molar-refractivity contribution in [2.45, 2.75) is 12.5 Å². The molecule has 0 spiro atoms. The Morgan fingerprint density at radius 3 is 2.89 bits per heavy atom. The normalized spacial score (nSPS) is 17.1. The van der Waals surface area contributed by atoms with Crippen LogP contribution in [0.3, 0.4) is 0 Å². The van der Waals surface area contributed by atoms with Crippen molar-refractivity contribution in [2.24, 2.45) is 0 Å². The molecule has 0 saturated carbocycles. The molecule has 4 nitrogen and oxygen atoms in total. The lowest BCUT2D eigenvalue weighted by Gasteiger charge is -2.38. The standard InChI is InChI=1S/C12H14ClFN2O2/c1-12(6-15-7-12)18-5-10(17)16-11-8(13)3-2-4-9(11)14/h2-4,15H,5-7H2,1H3,(H,16,17). The highest BCUT2D eigenvalue weighted by Crippen LogP contribution is 2.24. The Balaban J connectivity index is 1.91. The van der Waals surface area contributed by atoms with Crippen molar-refractivity contribution in [1.82, 2.24) is 5.32 Å². The lowest BCUT2D eigenvalue weighted by Crippen LogP contribution is -2.59. The van der Waals surface area contributed by atoms with Crippen LogP contribution in [0.25, 0.3) is 0 Å². The second kappa shape index (κ2) is 5.22. The molecule has 0 atom stereocenters. The van der Waals surface area contributed by atoms with Crippen LogP contribution in [0.4, 0.5) is 10.1 Å². The predicted molar refractivity (Wildman–Crippen MR) is 67.3 cm³/mol. The number of carbonyl (C=O) groups excluding carboxylic acids is 1. The first-order valence-corrected chi connectivity index (χ1v) is 5.96. The number of para-hydroxylation sites is 1. The number of anilines is 1. The molecule has 2 N–H and O–H groups in total. The zero-order chi connectivity index (χ0) is 13.2. The summed E-state index contributed by atoms with van der Waals surface area (Å²) >= 11 is 5.80. The topological polar surface area (TPSA) is 50.4 Å². The number of hydrogen-bond acceptors (Lipinski definition) is 3. The van der Waals surface area contributed by atoms with E-state index < -0.39 is 11.7 Å². The minimum absolute atomic E-state index is 0.00958.